The van der Waals surface area contributed by atoms with Crippen LogP contribution in [0, 0.1) is 5.82 Å². The van der Waals surface area contributed by atoms with E-state index in [9.17, 15) is 4.39 Å². The van der Waals surface area contributed by atoms with Crippen LogP contribution >= 0.6 is 0 Å². The van der Waals surface area contributed by atoms with Crippen LogP contribution in [0.3, 0.4) is 0 Å². The van der Waals surface area contributed by atoms with E-state index in [1.807, 2.05) is 17.0 Å². The second-order valence-electron chi connectivity index (χ2n) is 7.52. The molecule has 4 aromatic rings. The van der Waals surface area contributed by atoms with Crippen LogP contribution in [-0.2, 0) is 11.3 Å². The van der Waals surface area contributed by atoms with Crippen LogP contribution in [-0.4, -0.2) is 43.2 Å². The Hall–Kier alpha value is -3.26. The molecule has 2 atom stereocenters. The van der Waals surface area contributed by atoms with Gasteiger partial charge in [-0.25, -0.2) is 29.3 Å². The van der Waals surface area contributed by atoms with Crippen molar-refractivity contribution in [3.8, 4) is 11.6 Å². The number of rotatable bonds is 7. The summed E-state index contributed by atoms with van der Waals surface area (Å²) in [7, 11) is 1.68. The summed E-state index contributed by atoms with van der Waals surface area (Å²) in [6, 6.07) is 5.44. The summed E-state index contributed by atoms with van der Waals surface area (Å²) in [4.78, 5) is 21.4. The Labute approximate surface area is 173 Å². The molecule has 1 aliphatic carbocycles. The van der Waals surface area contributed by atoms with E-state index in [1.54, 1.807) is 38.0 Å². The quantitative estimate of drug-likeness (QED) is 0.437. The number of aromatic nitrogens is 6. The van der Waals surface area contributed by atoms with Crippen LogP contribution in [0.25, 0.3) is 22.7 Å². The number of hydrogen-bond acceptors (Lipinski definition) is 6. The Kier molecular flexibility index (Phi) is 4.92. The first-order valence-electron chi connectivity index (χ1n) is 9.97. The average Bonchev–Trinajstić information content (AvgIpc) is 3.49. The van der Waals surface area contributed by atoms with Gasteiger partial charge in [0.05, 0.1) is 11.8 Å². The van der Waals surface area contributed by atoms with Gasteiger partial charge in [0.2, 0.25) is 0 Å². The summed E-state index contributed by atoms with van der Waals surface area (Å²) in [5, 5.41) is 0. The smallest absolute Gasteiger partial charge is 0.197 e. The lowest BCUT2D eigenvalue weighted by Gasteiger charge is -2.07. The van der Waals surface area contributed by atoms with Crippen molar-refractivity contribution >= 4 is 11.0 Å². The monoisotopic (exact) mass is 404 g/mol. The molecule has 1 aliphatic rings. The molecule has 30 heavy (non-hydrogen) atoms. The molecule has 0 amide bonds. The van der Waals surface area contributed by atoms with Crippen molar-refractivity contribution in [2.45, 2.75) is 31.2 Å². The molecule has 1 aromatic carbocycles. The predicted octanol–water partition coefficient (Wildman–Crippen LogP) is 3.73. The third kappa shape index (κ3) is 3.54. The summed E-state index contributed by atoms with van der Waals surface area (Å²) in [5.74, 6) is 1.28. The Balaban J connectivity index is 1.36. The first kappa shape index (κ1) is 18.7. The van der Waals surface area contributed by atoms with E-state index in [1.165, 1.54) is 0 Å². The molecular formula is C22H21FN6O. The van der Waals surface area contributed by atoms with E-state index in [4.69, 9.17) is 4.74 Å². The van der Waals surface area contributed by atoms with Gasteiger partial charge in [0.25, 0.3) is 0 Å². The molecule has 1 fully saturated rings. The molecule has 1 saturated carbocycles. The van der Waals surface area contributed by atoms with Gasteiger partial charge < -0.3 is 9.30 Å². The summed E-state index contributed by atoms with van der Waals surface area (Å²) >= 11 is 0. The molecule has 0 N–H and O–H groups in total. The molecule has 0 bridgehead atoms. The molecule has 0 spiro atoms. The summed E-state index contributed by atoms with van der Waals surface area (Å²) < 4.78 is 21.8. The largest absolute Gasteiger partial charge is 0.385 e. The fourth-order valence-electron chi connectivity index (χ4n) is 3.90. The van der Waals surface area contributed by atoms with Crippen molar-refractivity contribution < 1.29 is 9.13 Å². The molecule has 0 unspecified atom stereocenters. The number of ether oxygens (including phenoxy) is 1. The molecule has 8 heteroatoms. The lowest BCUT2D eigenvalue weighted by molar-refractivity contribution is 0.190. The lowest BCUT2D eigenvalue weighted by Crippen LogP contribution is -2.00. The van der Waals surface area contributed by atoms with Crippen molar-refractivity contribution in [3.05, 3.63) is 66.3 Å². The highest BCUT2D eigenvalue weighted by molar-refractivity contribution is 5.77. The third-order valence-electron chi connectivity index (χ3n) is 5.53. The first-order valence-corrected chi connectivity index (χ1v) is 9.97. The zero-order valence-electron chi connectivity index (χ0n) is 16.6. The molecule has 0 aliphatic heterocycles. The van der Waals surface area contributed by atoms with E-state index >= 15 is 0 Å². The predicted molar refractivity (Wildman–Crippen MR) is 109 cm³/mol. The van der Waals surface area contributed by atoms with Crippen molar-refractivity contribution in [2.24, 2.45) is 0 Å². The van der Waals surface area contributed by atoms with Crippen LogP contribution in [0.2, 0.25) is 0 Å². The molecule has 5 rings (SSSR count). The second-order valence-corrected chi connectivity index (χ2v) is 7.52. The van der Waals surface area contributed by atoms with Gasteiger partial charge in [-0.2, -0.15) is 0 Å². The Bertz CT molecular complexity index is 1160. The zero-order valence-corrected chi connectivity index (χ0v) is 16.6. The lowest BCUT2D eigenvalue weighted by atomic mass is 10.1. The Morgan fingerprint density at radius 3 is 2.50 bits per heavy atom. The van der Waals surface area contributed by atoms with Crippen LogP contribution in [0.15, 0.2) is 49.3 Å². The van der Waals surface area contributed by atoms with Gasteiger partial charge in [0, 0.05) is 45.0 Å². The topological polar surface area (TPSA) is 78.6 Å². The molecule has 152 valence electrons. The standard InChI is InChI=1S/C22H21FN6O/c1-30-7-3-6-29-13-28-20-18(23)8-14(9-19(20)29)16-10-17(16)15-11-26-22(27-12-15)21-24-4-2-5-25-21/h2,4-5,8-9,11-13,16-17H,3,6-7,10H2,1H3/t16-,17+/m0/s1. The Morgan fingerprint density at radius 2 is 1.73 bits per heavy atom. The highest BCUT2D eigenvalue weighted by Gasteiger charge is 2.40. The van der Waals surface area contributed by atoms with Gasteiger partial charge in [-0.1, -0.05) is 0 Å². The van der Waals surface area contributed by atoms with E-state index in [0.29, 0.717) is 23.8 Å². The van der Waals surface area contributed by atoms with Gasteiger partial charge in [0.1, 0.15) is 5.52 Å². The molecule has 7 nitrogen and oxygen atoms in total. The van der Waals surface area contributed by atoms with E-state index in [2.05, 4.69) is 31.0 Å². The number of benzene rings is 1. The number of methoxy groups -OCH3 is 1. The van der Waals surface area contributed by atoms with Crippen LogP contribution in [0.1, 0.15) is 35.8 Å². The number of imidazole rings is 1. The van der Waals surface area contributed by atoms with Crippen molar-refractivity contribution in [1.82, 2.24) is 29.5 Å². The molecule has 0 saturated heterocycles. The van der Waals surface area contributed by atoms with Gasteiger partial charge in [-0.05, 0) is 54.0 Å². The zero-order chi connectivity index (χ0) is 20.5. The van der Waals surface area contributed by atoms with Crippen LogP contribution in [0.5, 0.6) is 0 Å². The van der Waals surface area contributed by atoms with Gasteiger partial charge in [0.15, 0.2) is 17.5 Å². The summed E-state index contributed by atoms with van der Waals surface area (Å²) in [5.41, 5.74) is 3.30. The van der Waals surface area contributed by atoms with Gasteiger partial charge >= 0.3 is 0 Å². The number of halogens is 1. The number of hydrogen-bond donors (Lipinski definition) is 0. The summed E-state index contributed by atoms with van der Waals surface area (Å²) in [6.45, 7) is 1.41. The molecule has 3 aromatic heterocycles. The highest BCUT2D eigenvalue weighted by Crippen LogP contribution is 2.54. The SMILES string of the molecule is COCCCn1cnc2c(F)cc([C@@H]3C[C@@H]3c3cnc(-c4ncccn4)nc3)cc21. The minimum Gasteiger partial charge on any atom is -0.385 e. The summed E-state index contributed by atoms with van der Waals surface area (Å²) in [6.07, 6.45) is 10.5. The van der Waals surface area contributed by atoms with Gasteiger partial charge in [-0.15, -0.1) is 0 Å². The minimum absolute atomic E-state index is 0.258. The maximum Gasteiger partial charge on any atom is 0.197 e. The normalized spacial score (nSPS) is 18.1. The maximum atomic E-state index is 14.7. The van der Waals surface area contributed by atoms with Crippen molar-refractivity contribution in [3.63, 3.8) is 0 Å². The second kappa shape index (κ2) is 7.87. The highest BCUT2D eigenvalue weighted by atomic mass is 19.1. The number of nitrogens with zero attached hydrogens (tertiary/aromatic N) is 6. The number of aryl methyl sites for hydroxylation is 1. The van der Waals surface area contributed by atoms with Crippen molar-refractivity contribution in [1.29, 1.82) is 0 Å². The van der Waals surface area contributed by atoms with Crippen LogP contribution < -0.4 is 0 Å². The van der Waals surface area contributed by atoms with Crippen molar-refractivity contribution in [2.75, 3.05) is 13.7 Å². The first-order chi connectivity index (χ1) is 14.7. The van der Waals surface area contributed by atoms with E-state index < -0.39 is 0 Å². The fourth-order valence-corrected chi connectivity index (χ4v) is 3.90. The fraction of sp³-hybridized carbons (Fsp3) is 0.318. The average molecular weight is 404 g/mol. The Morgan fingerprint density at radius 1 is 1.00 bits per heavy atom. The van der Waals surface area contributed by atoms with E-state index in [-0.39, 0.29) is 17.7 Å². The van der Waals surface area contributed by atoms with E-state index in [0.717, 1.165) is 36.0 Å². The number of fused-ring (bicyclic) bond motifs is 1. The van der Waals surface area contributed by atoms with Gasteiger partial charge in [-0.3, -0.25) is 0 Å². The molecule has 3 heterocycles. The third-order valence-corrected chi connectivity index (χ3v) is 5.53. The minimum atomic E-state index is -0.272. The van der Waals surface area contributed by atoms with Crippen LogP contribution in [0.4, 0.5) is 4.39 Å². The molecular weight excluding hydrogens is 383 g/mol. The molecule has 0 radical (unpaired) electrons. The maximum absolute atomic E-state index is 14.7.